The summed E-state index contributed by atoms with van der Waals surface area (Å²) < 4.78 is 4.87. The van der Waals surface area contributed by atoms with Crippen molar-refractivity contribution < 1.29 is 4.74 Å². The minimum Gasteiger partial charge on any atom is -0.383 e. The van der Waals surface area contributed by atoms with Gasteiger partial charge in [0.25, 0.3) is 0 Å². The van der Waals surface area contributed by atoms with Gasteiger partial charge in [0.05, 0.1) is 6.61 Å². The normalized spacial score (nSPS) is 16.0. The first kappa shape index (κ1) is 11.9. The number of hydrogen-bond donors (Lipinski definition) is 1. The van der Waals surface area contributed by atoms with Gasteiger partial charge in [0.15, 0.2) is 0 Å². The molecule has 1 unspecified atom stereocenters. The van der Waals surface area contributed by atoms with E-state index in [1.165, 1.54) is 0 Å². The molecule has 9 heavy (non-hydrogen) atoms. The summed E-state index contributed by atoms with van der Waals surface area (Å²) in [5.74, 6) is 0. The molecule has 2 nitrogen and oxygen atoms in total. The third-order valence-corrected chi connectivity index (χ3v) is 1.28. The molecule has 0 heterocycles. The first-order valence-corrected chi connectivity index (χ1v) is 2.90. The van der Waals surface area contributed by atoms with E-state index in [0.717, 1.165) is 6.42 Å². The largest absolute Gasteiger partial charge is 0.383 e. The van der Waals surface area contributed by atoms with E-state index in [0.29, 0.717) is 6.61 Å². The number of nitrogens with two attached hydrogens (primary N) is 1. The zero-order valence-corrected chi connectivity index (χ0v) is 7.12. The van der Waals surface area contributed by atoms with E-state index in [4.69, 9.17) is 10.5 Å². The lowest BCUT2D eigenvalue weighted by atomic mass is 10.0. The van der Waals surface area contributed by atoms with Crippen LogP contribution in [-0.2, 0) is 4.74 Å². The number of ether oxygens (including phenoxy) is 1. The summed E-state index contributed by atoms with van der Waals surface area (Å²) >= 11 is 0. The second kappa shape index (κ2) is 5.03. The lowest BCUT2D eigenvalue weighted by Gasteiger charge is -2.20. The molecule has 0 aliphatic carbocycles. The van der Waals surface area contributed by atoms with Crippen LogP contribution in [0.2, 0.25) is 0 Å². The van der Waals surface area contributed by atoms with Crippen molar-refractivity contribution in [3.63, 3.8) is 0 Å². The van der Waals surface area contributed by atoms with Crippen LogP contribution >= 0.6 is 12.4 Å². The Balaban J connectivity index is 0. The second-order valence-corrected chi connectivity index (χ2v) is 2.44. The molecule has 0 bridgehead atoms. The highest BCUT2D eigenvalue weighted by Gasteiger charge is 2.13. The van der Waals surface area contributed by atoms with Crippen molar-refractivity contribution >= 4 is 12.4 Å². The lowest BCUT2D eigenvalue weighted by Crippen LogP contribution is -2.39. The average molecular weight is 154 g/mol. The highest BCUT2D eigenvalue weighted by Crippen LogP contribution is 2.02. The minimum absolute atomic E-state index is 0. The molecule has 0 aromatic heterocycles. The van der Waals surface area contributed by atoms with Crippen LogP contribution in [0.15, 0.2) is 0 Å². The van der Waals surface area contributed by atoms with Gasteiger partial charge in [0, 0.05) is 12.6 Å². The van der Waals surface area contributed by atoms with Gasteiger partial charge >= 0.3 is 0 Å². The molecule has 1 atom stereocenters. The van der Waals surface area contributed by atoms with Gasteiger partial charge in [-0.25, -0.2) is 0 Å². The molecule has 58 valence electrons. The number of rotatable bonds is 3. The molecular formula is C6H16ClNO. The third-order valence-electron chi connectivity index (χ3n) is 1.28. The molecule has 0 saturated carbocycles. The van der Waals surface area contributed by atoms with Crippen molar-refractivity contribution in [2.75, 3.05) is 13.7 Å². The molecule has 0 rings (SSSR count). The second-order valence-electron chi connectivity index (χ2n) is 2.44. The molecule has 0 amide bonds. The van der Waals surface area contributed by atoms with Crippen molar-refractivity contribution in [3.8, 4) is 0 Å². The Morgan fingerprint density at radius 2 is 2.00 bits per heavy atom. The summed E-state index contributed by atoms with van der Waals surface area (Å²) in [4.78, 5) is 0. The molecule has 3 heteroatoms. The molecular weight excluding hydrogens is 138 g/mol. The van der Waals surface area contributed by atoms with Crippen LogP contribution in [-0.4, -0.2) is 19.3 Å². The maximum Gasteiger partial charge on any atom is 0.0639 e. The molecule has 0 spiro atoms. The molecule has 0 radical (unpaired) electrons. The third kappa shape index (κ3) is 6.09. The number of methoxy groups -OCH3 is 1. The summed E-state index contributed by atoms with van der Waals surface area (Å²) in [7, 11) is 1.67. The van der Waals surface area contributed by atoms with E-state index in [1.54, 1.807) is 7.11 Å². The van der Waals surface area contributed by atoms with Crippen LogP contribution in [0.1, 0.15) is 20.3 Å². The van der Waals surface area contributed by atoms with Crippen LogP contribution in [0.3, 0.4) is 0 Å². The van der Waals surface area contributed by atoms with Gasteiger partial charge < -0.3 is 10.5 Å². The Hall–Kier alpha value is 0.210. The van der Waals surface area contributed by atoms with E-state index >= 15 is 0 Å². The first-order valence-electron chi connectivity index (χ1n) is 2.90. The zero-order valence-electron chi connectivity index (χ0n) is 6.31. The average Bonchev–Trinajstić information content (AvgIpc) is 1.67. The van der Waals surface area contributed by atoms with Crippen molar-refractivity contribution in [2.45, 2.75) is 25.8 Å². The molecule has 0 aromatic carbocycles. The summed E-state index contributed by atoms with van der Waals surface area (Å²) in [6, 6.07) is 0. The summed E-state index contributed by atoms with van der Waals surface area (Å²) in [5, 5.41) is 0. The van der Waals surface area contributed by atoms with Crippen LogP contribution in [0.25, 0.3) is 0 Å². The Labute approximate surface area is 63.2 Å². The standard InChI is InChI=1S/C6H15NO.ClH/c1-4-6(2,7)5-8-3;/h4-5,7H2,1-3H3;1H. The van der Waals surface area contributed by atoms with Gasteiger partial charge in [-0.2, -0.15) is 0 Å². The van der Waals surface area contributed by atoms with Gasteiger partial charge in [-0.15, -0.1) is 12.4 Å². The summed E-state index contributed by atoms with van der Waals surface area (Å²) in [6.07, 6.45) is 0.959. The van der Waals surface area contributed by atoms with E-state index < -0.39 is 0 Å². The van der Waals surface area contributed by atoms with Crippen molar-refractivity contribution in [3.05, 3.63) is 0 Å². The van der Waals surface area contributed by atoms with Gasteiger partial charge in [0.2, 0.25) is 0 Å². The topological polar surface area (TPSA) is 35.2 Å². The van der Waals surface area contributed by atoms with Crippen LogP contribution < -0.4 is 5.73 Å². The molecule has 0 aromatic rings. The molecule has 0 fully saturated rings. The Morgan fingerprint density at radius 3 is 2.11 bits per heavy atom. The highest BCUT2D eigenvalue weighted by atomic mass is 35.5. The monoisotopic (exact) mass is 153 g/mol. The Kier molecular flexibility index (Phi) is 6.68. The van der Waals surface area contributed by atoms with Gasteiger partial charge in [-0.05, 0) is 13.3 Å². The van der Waals surface area contributed by atoms with Gasteiger partial charge in [0.1, 0.15) is 0 Å². The van der Waals surface area contributed by atoms with E-state index in [1.807, 2.05) is 6.92 Å². The molecule has 0 aliphatic heterocycles. The fraction of sp³-hybridized carbons (Fsp3) is 1.00. The summed E-state index contributed by atoms with van der Waals surface area (Å²) in [5.41, 5.74) is 5.57. The number of hydrogen-bond acceptors (Lipinski definition) is 2. The Bertz CT molecular complexity index is 66.1. The van der Waals surface area contributed by atoms with E-state index in [2.05, 4.69) is 6.92 Å². The van der Waals surface area contributed by atoms with Crippen LogP contribution in [0.4, 0.5) is 0 Å². The van der Waals surface area contributed by atoms with Crippen molar-refractivity contribution in [1.82, 2.24) is 0 Å². The molecule has 0 saturated heterocycles. The molecule has 2 N–H and O–H groups in total. The van der Waals surface area contributed by atoms with E-state index in [-0.39, 0.29) is 17.9 Å². The lowest BCUT2D eigenvalue weighted by molar-refractivity contribution is 0.139. The number of halogens is 1. The van der Waals surface area contributed by atoms with Crippen LogP contribution in [0.5, 0.6) is 0 Å². The van der Waals surface area contributed by atoms with Gasteiger partial charge in [-0.1, -0.05) is 6.92 Å². The fourth-order valence-corrected chi connectivity index (χ4v) is 0.432. The first-order chi connectivity index (χ1) is 3.62. The predicted octanol–water partition coefficient (Wildman–Crippen LogP) is 1.18. The SMILES string of the molecule is CCC(C)(N)COC.Cl. The quantitative estimate of drug-likeness (QED) is 0.661. The fourth-order valence-electron chi connectivity index (χ4n) is 0.432. The summed E-state index contributed by atoms with van der Waals surface area (Å²) in [6.45, 7) is 4.68. The van der Waals surface area contributed by atoms with Crippen LogP contribution in [0, 0.1) is 0 Å². The smallest absolute Gasteiger partial charge is 0.0639 e. The van der Waals surface area contributed by atoms with E-state index in [9.17, 15) is 0 Å². The van der Waals surface area contributed by atoms with Gasteiger partial charge in [-0.3, -0.25) is 0 Å². The van der Waals surface area contributed by atoms with Crippen molar-refractivity contribution in [1.29, 1.82) is 0 Å². The highest BCUT2D eigenvalue weighted by molar-refractivity contribution is 5.85. The van der Waals surface area contributed by atoms with Crippen molar-refractivity contribution in [2.24, 2.45) is 5.73 Å². The Morgan fingerprint density at radius 1 is 1.56 bits per heavy atom. The minimum atomic E-state index is -0.130. The zero-order chi connectivity index (χ0) is 6.62. The maximum absolute atomic E-state index is 5.70. The maximum atomic E-state index is 5.70. The molecule has 0 aliphatic rings. The predicted molar refractivity (Wildman–Crippen MR) is 42.0 cm³/mol.